The quantitative estimate of drug-likeness (QED) is 0.554. The first-order valence-corrected chi connectivity index (χ1v) is 9.03. The summed E-state index contributed by atoms with van der Waals surface area (Å²) in [5.74, 6) is 2.84. The van der Waals surface area contributed by atoms with Crippen LogP contribution in [-0.2, 0) is 15.9 Å². The summed E-state index contributed by atoms with van der Waals surface area (Å²) in [7, 11) is -2.93. The molecule has 2 N–H and O–H groups in total. The van der Waals surface area contributed by atoms with Gasteiger partial charge in [0.15, 0.2) is 5.69 Å². The summed E-state index contributed by atoms with van der Waals surface area (Å²) in [4.78, 5) is 0.269. The molecule has 0 radical (unpaired) electrons. The molecule has 3 rings (SSSR count). The van der Waals surface area contributed by atoms with Crippen molar-refractivity contribution in [1.82, 2.24) is 9.78 Å². The molecule has 0 aliphatic carbocycles. The van der Waals surface area contributed by atoms with Gasteiger partial charge in [-0.15, -0.1) is 0 Å². The van der Waals surface area contributed by atoms with Crippen LogP contribution >= 0.6 is 0 Å². The Morgan fingerprint density at radius 2 is 1.62 bits per heavy atom. The first-order valence-electron chi connectivity index (χ1n) is 7.24. The van der Waals surface area contributed by atoms with Crippen molar-refractivity contribution in [2.75, 3.05) is 0 Å². The molecule has 0 aliphatic heterocycles. The maximum Gasteiger partial charge on any atom is 0.435 e. The number of hydrogen-bond acceptors (Lipinski definition) is 2. The molecule has 0 saturated heterocycles. The summed E-state index contributed by atoms with van der Waals surface area (Å²) in [6, 6.07) is 11.6. The number of alkyl halides is 3. The van der Waals surface area contributed by atoms with Crippen LogP contribution in [0.5, 0.6) is 0 Å². The monoisotopic (exact) mass is 383 g/mol. The van der Waals surface area contributed by atoms with E-state index in [9.17, 15) is 21.8 Å². The van der Waals surface area contributed by atoms with Crippen LogP contribution in [0.2, 0.25) is 0 Å². The molecule has 1 unspecified atom stereocenters. The van der Waals surface area contributed by atoms with Gasteiger partial charge in [0.1, 0.15) is 5.82 Å². The third-order valence-electron chi connectivity index (χ3n) is 3.62. The van der Waals surface area contributed by atoms with Crippen LogP contribution in [0.3, 0.4) is 0 Å². The number of nitrogens with zero attached hydrogens (tertiary/aromatic N) is 2. The van der Waals surface area contributed by atoms with Gasteiger partial charge in [-0.25, -0.2) is 13.3 Å². The average Bonchev–Trinajstić information content (AvgIpc) is 3.00. The Balaban J connectivity index is 2.16. The minimum atomic E-state index is -4.64. The van der Waals surface area contributed by atoms with Crippen molar-refractivity contribution < 1.29 is 21.8 Å². The lowest BCUT2D eigenvalue weighted by molar-refractivity contribution is -0.141. The smallest absolute Gasteiger partial charge is 0.256 e. The normalized spacial score (nSPS) is 14.2. The fourth-order valence-corrected chi connectivity index (χ4v) is 2.96. The van der Waals surface area contributed by atoms with Crippen molar-refractivity contribution in [3.63, 3.8) is 0 Å². The maximum absolute atomic E-state index is 13.1. The van der Waals surface area contributed by atoms with Crippen LogP contribution in [0.4, 0.5) is 17.6 Å². The minimum absolute atomic E-state index is 0.142. The Labute approximate surface area is 147 Å². The van der Waals surface area contributed by atoms with Gasteiger partial charge < -0.3 is 0 Å². The highest BCUT2D eigenvalue weighted by Gasteiger charge is 2.35. The Kier molecular flexibility index (Phi) is 4.37. The SMILES string of the molecule is C=S(N)(=O)c1ccc(-c2cc(C(F)(F)F)nn2-c2ccc(F)cc2)cc1. The lowest BCUT2D eigenvalue weighted by Gasteiger charge is -2.09. The summed E-state index contributed by atoms with van der Waals surface area (Å²) in [6.07, 6.45) is -4.64. The van der Waals surface area contributed by atoms with Gasteiger partial charge in [-0.05, 0) is 48.3 Å². The fraction of sp³-hybridized carbons (Fsp3) is 0.0588. The van der Waals surface area contributed by atoms with Crippen molar-refractivity contribution in [1.29, 1.82) is 0 Å². The first-order chi connectivity index (χ1) is 12.1. The molecule has 0 fully saturated rings. The molecule has 0 amide bonds. The zero-order valence-corrected chi connectivity index (χ0v) is 14.0. The van der Waals surface area contributed by atoms with E-state index in [4.69, 9.17) is 5.14 Å². The van der Waals surface area contributed by atoms with Crippen molar-refractivity contribution >= 4 is 15.6 Å². The first kappa shape index (κ1) is 18.2. The number of halogens is 4. The predicted molar refractivity (Wildman–Crippen MR) is 91.7 cm³/mol. The molecule has 2 aromatic carbocycles. The lowest BCUT2D eigenvalue weighted by atomic mass is 10.1. The summed E-state index contributed by atoms with van der Waals surface area (Å²) in [5.41, 5.74) is -0.283. The van der Waals surface area contributed by atoms with Gasteiger partial charge in [-0.2, -0.15) is 18.3 Å². The molecule has 0 saturated carbocycles. The molecule has 3 aromatic rings. The molecular weight excluding hydrogens is 370 g/mol. The average molecular weight is 383 g/mol. The molecule has 1 atom stereocenters. The van der Waals surface area contributed by atoms with E-state index in [-0.39, 0.29) is 16.3 Å². The van der Waals surface area contributed by atoms with Crippen molar-refractivity contribution in [3.05, 3.63) is 66.1 Å². The molecule has 0 spiro atoms. The van der Waals surface area contributed by atoms with Crippen LogP contribution in [0, 0.1) is 5.82 Å². The van der Waals surface area contributed by atoms with E-state index in [2.05, 4.69) is 11.0 Å². The van der Waals surface area contributed by atoms with Crippen LogP contribution in [0.1, 0.15) is 5.69 Å². The molecule has 0 bridgehead atoms. The van der Waals surface area contributed by atoms with Crippen molar-refractivity contribution in [2.45, 2.75) is 11.1 Å². The summed E-state index contributed by atoms with van der Waals surface area (Å²) < 4.78 is 65.2. The van der Waals surface area contributed by atoms with E-state index < -0.39 is 27.4 Å². The van der Waals surface area contributed by atoms with E-state index >= 15 is 0 Å². The van der Waals surface area contributed by atoms with E-state index in [1.54, 1.807) is 0 Å². The summed E-state index contributed by atoms with van der Waals surface area (Å²) >= 11 is 0. The molecular formula is C17H13F4N3OS. The van der Waals surface area contributed by atoms with Gasteiger partial charge in [-0.3, -0.25) is 5.14 Å². The number of aromatic nitrogens is 2. The van der Waals surface area contributed by atoms with E-state index in [1.165, 1.54) is 36.4 Å². The van der Waals surface area contributed by atoms with Gasteiger partial charge in [0.05, 0.1) is 21.1 Å². The third-order valence-corrected chi connectivity index (χ3v) is 4.69. The van der Waals surface area contributed by atoms with Crippen LogP contribution < -0.4 is 5.14 Å². The molecule has 1 aromatic heterocycles. The second-order valence-electron chi connectivity index (χ2n) is 5.55. The van der Waals surface area contributed by atoms with Crippen LogP contribution in [0.15, 0.2) is 59.5 Å². The number of hydrogen-bond donors (Lipinski definition) is 1. The second kappa shape index (κ2) is 6.26. The van der Waals surface area contributed by atoms with Gasteiger partial charge >= 0.3 is 6.18 Å². The van der Waals surface area contributed by atoms with E-state index in [0.717, 1.165) is 22.9 Å². The zero-order chi connectivity index (χ0) is 19.1. The highest BCUT2D eigenvalue weighted by atomic mass is 32.2. The molecule has 9 heteroatoms. The number of nitrogens with two attached hydrogens (primary N) is 1. The largest absolute Gasteiger partial charge is 0.435 e. The Morgan fingerprint density at radius 1 is 1.04 bits per heavy atom. The highest BCUT2D eigenvalue weighted by molar-refractivity contribution is 7.98. The van der Waals surface area contributed by atoms with Gasteiger partial charge in [0, 0.05) is 10.5 Å². The number of benzene rings is 2. The summed E-state index contributed by atoms with van der Waals surface area (Å²) in [5, 5.41) is 9.06. The molecule has 4 nitrogen and oxygen atoms in total. The number of rotatable bonds is 3. The lowest BCUT2D eigenvalue weighted by Crippen LogP contribution is -2.11. The molecule has 26 heavy (non-hydrogen) atoms. The zero-order valence-electron chi connectivity index (χ0n) is 13.2. The molecule has 0 aliphatic rings. The Hall–Kier alpha value is -2.65. The van der Waals surface area contributed by atoms with Crippen LogP contribution in [0.25, 0.3) is 16.9 Å². The maximum atomic E-state index is 13.1. The highest BCUT2D eigenvalue weighted by Crippen LogP contribution is 2.33. The molecule has 136 valence electrons. The molecule has 1 heterocycles. The standard InChI is InChI=1S/C17H13F4N3OS/c1-26(22,25)14-8-2-11(3-9-14)15-10-16(17(19,20)21)23-24(15)13-6-4-12(18)5-7-13/h2-10H,1H2,(H2,22,25). The summed E-state index contributed by atoms with van der Waals surface area (Å²) in [6.45, 7) is 0. The van der Waals surface area contributed by atoms with Gasteiger partial charge in [0.25, 0.3) is 0 Å². The van der Waals surface area contributed by atoms with E-state index in [0.29, 0.717) is 5.56 Å². The predicted octanol–water partition coefficient (Wildman–Crippen LogP) is 3.65. The second-order valence-corrected chi connectivity index (χ2v) is 7.48. The topological polar surface area (TPSA) is 60.9 Å². The third kappa shape index (κ3) is 3.63. The van der Waals surface area contributed by atoms with Gasteiger partial charge in [0.2, 0.25) is 0 Å². The van der Waals surface area contributed by atoms with E-state index in [1.807, 2.05) is 0 Å². The van der Waals surface area contributed by atoms with Crippen molar-refractivity contribution in [3.8, 4) is 16.9 Å². The minimum Gasteiger partial charge on any atom is -0.256 e. The Bertz CT molecular complexity index is 1040. The van der Waals surface area contributed by atoms with Crippen LogP contribution in [-0.4, -0.2) is 19.9 Å². The fourth-order valence-electron chi connectivity index (χ4n) is 2.36. The van der Waals surface area contributed by atoms with Crippen molar-refractivity contribution in [2.24, 2.45) is 5.14 Å². The van der Waals surface area contributed by atoms with Gasteiger partial charge in [-0.1, -0.05) is 12.1 Å². The Morgan fingerprint density at radius 3 is 2.12 bits per heavy atom.